The van der Waals surface area contributed by atoms with Crippen LogP contribution in [0.5, 0.6) is 0 Å². The van der Waals surface area contributed by atoms with E-state index in [4.69, 9.17) is 0 Å². The lowest BCUT2D eigenvalue weighted by molar-refractivity contribution is 0.594. The predicted octanol–water partition coefficient (Wildman–Crippen LogP) is 3.02. The molecule has 1 N–H and O–H groups in total. The van der Waals surface area contributed by atoms with Crippen LogP contribution >= 0.6 is 0 Å². The average molecular weight is 308 g/mol. The summed E-state index contributed by atoms with van der Waals surface area (Å²) in [5.74, 6) is 0. The highest BCUT2D eigenvalue weighted by atomic mass is 32.2. The fourth-order valence-electron chi connectivity index (χ4n) is 2.68. The Hall–Kier alpha value is -2.66. The number of nitrogens with zero attached hydrogens (tertiary/aromatic N) is 1. The van der Waals surface area contributed by atoms with E-state index in [0.29, 0.717) is 16.2 Å². The SMILES string of the molecule is O=S1(=O)NC(=Cc2nccc3ccccc23)c2ccccc21. The fraction of sp³-hybridized carbons (Fsp3) is 0. The van der Waals surface area contributed by atoms with Crippen molar-refractivity contribution < 1.29 is 8.42 Å². The normalized spacial score (nSPS) is 17.4. The molecule has 1 aromatic heterocycles. The van der Waals surface area contributed by atoms with Gasteiger partial charge in [-0.3, -0.25) is 9.71 Å². The van der Waals surface area contributed by atoms with Gasteiger partial charge in [0.15, 0.2) is 0 Å². The summed E-state index contributed by atoms with van der Waals surface area (Å²) in [5, 5.41) is 2.06. The number of aromatic nitrogens is 1. The molecule has 1 aliphatic rings. The van der Waals surface area contributed by atoms with Crippen LogP contribution in [0.2, 0.25) is 0 Å². The molecule has 0 aliphatic carbocycles. The van der Waals surface area contributed by atoms with E-state index in [-0.39, 0.29) is 0 Å². The van der Waals surface area contributed by atoms with Crippen LogP contribution in [0.1, 0.15) is 11.3 Å². The van der Waals surface area contributed by atoms with Gasteiger partial charge in [-0.1, -0.05) is 42.5 Å². The summed E-state index contributed by atoms with van der Waals surface area (Å²) in [6.07, 6.45) is 3.51. The highest BCUT2D eigenvalue weighted by molar-refractivity contribution is 7.90. The minimum atomic E-state index is -3.47. The first-order chi connectivity index (χ1) is 10.6. The Bertz CT molecular complexity index is 1020. The number of sulfonamides is 1. The third-order valence-electron chi connectivity index (χ3n) is 3.70. The Morgan fingerprint density at radius 3 is 2.64 bits per heavy atom. The number of rotatable bonds is 1. The highest BCUT2D eigenvalue weighted by Crippen LogP contribution is 2.31. The van der Waals surface area contributed by atoms with E-state index in [1.807, 2.05) is 36.4 Å². The van der Waals surface area contributed by atoms with E-state index in [1.165, 1.54) is 0 Å². The van der Waals surface area contributed by atoms with Crippen molar-refractivity contribution in [2.24, 2.45) is 0 Å². The average Bonchev–Trinajstić information content (AvgIpc) is 2.79. The summed E-state index contributed by atoms with van der Waals surface area (Å²) in [4.78, 5) is 4.69. The molecule has 2 aromatic carbocycles. The van der Waals surface area contributed by atoms with Crippen LogP contribution in [0, 0.1) is 0 Å². The maximum absolute atomic E-state index is 12.1. The zero-order valence-electron chi connectivity index (χ0n) is 11.5. The van der Waals surface area contributed by atoms with E-state index in [1.54, 1.807) is 30.5 Å². The molecule has 4 nitrogen and oxygen atoms in total. The molecule has 5 heteroatoms. The number of nitrogens with one attached hydrogen (secondary N) is 1. The molecule has 0 amide bonds. The first-order valence-corrected chi connectivity index (χ1v) is 8.31. The van der Waals surface area contributed by atoms with Crippen molar-refractivity contribution in [2.75, 3.05) is 0 Å². The molecule has 0 atom stereocenters. The fourth-order valence-corrected chi connectivity index (χ4v) is 3.97. The van der Waals surface area contributed by atoms with Gasteiger partial charge in [0.1, 0.15) is 0 Å². The van der Waals surface area contributed by atoms with Crippen LogP contribution in [0.3, 0.4) is 0 Å². The number of pyridine rings is 1. The summed E-state index contributed by atoms with van der Waals surface area (Å²) in [6.45, 7) is 0. The molecule has 2 heterocycles. The standard InChI is InChI=1S/C17H12N2O2S/c20-22(21)17-8-4-3-7-14(17)16(19-22)11-15-13-6-2-1-5-12(13)9-10-18-15/h1-11,19H. The van der Waals surface area contributed by atoms with Crippen LogP contribution < -0.4 is 4.72 Å². The van der Waals surface area contributed by atoms with E-state index in [2.05, 4.69) is 9.71 Å². The molecule has 22 heavy (non-hydrogen) atoms. The Balaban J connectivity index is 1.94. The first-order valence-electron chi connectivity index (χ1n) is 6.83. The first kappa shape index (κ1) is 13.0. The lowest BCUT2D eigenvalue weighted by atomic mass is 10.1. The van der Waals surface area contributed by atoms with Gasteiger partial charge < -0.3 is 0 Å². The van der Waals surface area contributed by atoms with Gasteiger partial charge in [0, 0.05) is 17.1 Å². The van der Waals surface area contributed by atoms with Crippen molar-refractivity contribution in [1.29, 1.82) is 0 Å². The minimum Gasteiger partial charge on any atom is -0.279 e. The summed E-state index contributed by atoms with van der Waals surface area (Å²) in [6, 6.07) is 16.8. The monoisotopic (exact) mass is 308 g/mol. The van der Waals surface area contributed by atoms with Crippen molar-refractivity contribution >= 4 is 32.6 Å². The van der Waals surface area contributed by atoms with Crippen LogP contribution in [-0.2, 0) is 10.0 Å². The van der Waals surface area contributed by atoms with E-state index < -0.39 is 10.0 Å². The Morgan fingerprint density at radius 2 is 1.73 bits per heavy atom. The summed E-state index contributed by atoms with van der Waals surface area (Å²) in [5.41, 5.74) is 1.98. The third kappa shape index (κ3) is 1.98. The van der Waals surface area contributed by atoms with E-state index in [0.717, 1.165) is 16.5 Å². The second-order valence-electron chi connectivity index (χ2n) is 5.08. The lowest BCUT2D eigenvalue weighted by Gasteiger charge is -2.03. The molecule has 0 unspecified atom stereocenters. The number of fused-ring (bicyclic) bond motifs is 2. The Kier molecular flexibility index (Phi) is 2.77. The third-order valence-corrected chi connectivity index (χ3v) is 5.12. The quantitative estimate of drug-likeness (QED) is 0.752. The molecular weight excluding hydrogens is 296 g/mol. The topological polar surface area (TPSA) is 59.1 Å². The Labute approximate surface area is 128 Å². The molecule has 0 saturated heterocycles. The maximum Gasteiger partial charge on any atom is 0.262 e. The second-order valence-corrected chi connectivity index (χ2v) is 6.73. The van der Waals surface area contributed by atoms with Crippen molar-refractivity contribution in [3.63, 3.8) is 0 Å². The van der Waals surface area contributed by atoms with Crippen molar-refractivity contribution in [2.45, 2.75) is 4.90 Å². The lowest BCUT2D eigenvalue weighted by Crippen LogP contribution is -2.13. The number of benzene rings is 2. The highest BCUT2D eigenvalue weighted by Gasteiger charge is 2.28. The van der Waals surface area contributed by atoms with Crippen molar-refractivity contribution in [3.05, 3.63) is 72.1 Å². The van der Waals surface area contributed by atoms with Gasteiger partial charge in [-0.15, -0.1) is 0 Å². The van der Waals surface area contributed by atoms with Gasteiger partial charge in [-0.2, -0.15) is 0 Å². The van der Waals surface area contributed by atoms with Crippen molar-refractivity contribution in [1.82, 2.24) is 9.71 Å². The molecule has 0 radical (unpaired) electrons. The number of hydrogen-bond acceptors (Lipinski definition) is 3. The van der Waals surface area contributed by atoms with Crippen LogP contribution in [0.25, 0.3) is 22.5 Å². The molecule has 4 rings (SSSR count). The zero-order valence-corrected chi connectivity index (χ0v) is 12.3. The van der Waals surface area contributed by atoms with Crippen LogP contribution in [-0.4, -0.2) is 13.4 Å². The van der Waals surface area contributed by atoms with Gasteiger partial charge in [-0.05, 0) is 23.6 Å². The smallest absolute Gasteiger partial charge is 0.262 e. The molecule has 0 spiro atoms. The summed E-state index contributed by atoms with van der Waals surface area (Å²) >= 11 is 0. The van der Waals surface area contributed by atoms with E-state index in [9.17, 15) is 8.42 Å². The molecule has 0 bridgehead atoms. The van der Waals surface area contributed by atoms with Crippen molar-refractivity contribution in [3.8, 4) is 0 Å². The van der Waals surface area contributed by atoms with Crippen LogP contribution in [0.15, 0.2) is 65.7 Å². The molecule has 1 aliphatic heterocycles. The maximum atomic E-state index is 12.1. The number of hydrogen-bond donors (Lipinski definition) is 1. The van der Waals surface area contributed by atoms with E-state index >= 15 is 0 Å². The van der Waals surface area contributed by atoms with Gasteiger partial charge in [0.05, 0.1) is 16.3 Å². The van der Waals surface area contributed by atoms with Gasteiger partial charge in [0.25, 0.3) is 10.0 Å². The summed E-state index contributed by atoms with van der Waals surface area (Å²) in [7, 11) is -3.47. The molecular formula is C17H12N2O2S. The zero-order chi connectivity index (χ0) is 15.2. The molecule has 0 fully saturated rings. The minimum absolute atomic E-state index is 0.307. The largest absolute Gasteiger partial charge is 0.279 e. The predicted molar refractivity (Wildman–Crippen MR) is 86.4 cm³/mol. The van der Waals surface area contributed by atoms with Gasteiger partial charge >= 0.3 is 0 Å². The van der Waals surface area contributed by atoms with Gasteiger partial charge in [-0.25, -0.2) is 8.42 Å². The molecule has 0 saturated carbocycles. The molecule has 3 aromatic rings. The Morgan fingerprint density at radius 1 is 0.955 bits per heavy atom. The van der Waals surface area contributed by atoms with Crippen LogP contribution in [0.4, 0.5) is 0 Å². The molecule has 108 valence electrons. The second kappa shape index (κ2) is 4.68. The van der Waals surface area contributed by atoms with Gasteiger partial charge in [0.2, 0.25) is 0 Å². The summed E-state index contributed by atoms with van der Waals surface area (Å²) < 4.78 is 26.9.